The van der Waals surface area contributed by atoms with E-state index in [0.29, 0.717) is 30.3 Å². The summed E-state index contributed by atoms with van der Waals surface area (Å²) >= 11 is 0. The van der Waals surface area contributed by atoms with Crippen molar-refractivity contribution in [2.45, 2.75) is 24.8 Å². The summed E-state index contributed by atoms with van der Waals surface area (Å²) in [5, 5.41) is 9.86. The summed E-state index contributed by atoms with van der Waals surface area (Å²) in [5.41, 5.74) is 5.83. The Morgan fingerprint density at radius 1 is 1.29 bits per heavy atom. The van der Waals surface area contributed by atoms with Crippen LogP contribution in [0.4, 0.5) is 4.39 Å². The van der Waals surface area contributed by atoms with Gasteiger partial charge in [-0.2, -0.15) is 0 Å². The van der Waals surface area contributed by atoms with E-state index < -0.39 is 17.1 Å². The lowest BCUT2D eigenvalue weighted by molar-refractivity contribution is 0.155. The number of phenolic OH excluding ortho intramolecular Hbond substituents is 1. The molecule has 0 unspecified atom stereocenters. The predicted molar refractivity (Wildman–Crippen MR) is 58.8 cm³/mol. The minimum atomic E-state index is -0.707. The van der Waals surface area contributed by atoms with Gasteiger partial charge >= 0.3 is 0 Å². The molecule has 0 bridgehead atoms. The van der Waals surface area contributed by atoms with E-state index in [4.69, 9.17) is 15.2 Å². The second kappa shape index (κ2) is 3.50. The number of hydrogen-bond acceptors (Lipinski definition) is 4. The van der Waals surface area contributed by atoms with Crippen LogP contribution in [0.1, 0.15) is 24.8 Å². The minimum Gasteiger partial charge on any atom is -0.504 e. The van der Waals surface area contributed by atoms with Gasteiger partial charge in [-0.25, -0.2) is 4.39 Å². The molecule has 1 heterocycles. The lowest BCUT2D eigenvalue weighted by atomic mass is 9.72. The maximum absolute atomic E-state index is 13.6. The van der Waals surface area contributed by atoms with Gasteiger partial charge in [-0.15, -0.1) is 0 Å². The highest BCUT2D eigenvalue weighted by molar-refractivity contribution is 5.58. The van der Waals surface area contributed by atoms with Crippen LogP contribution in [-0.2, 0) is 5.54 Å². The van der Waals surface area contributed by atoms with Crippen molar-refractivity contribution in [1.82, 2.24) is 0 Å². The molecular weight excluding hydrogens is 225 g/mol. The zero-order valence-corrected chi connectivity index (χ0v) is 9.33. The Labute approximate surface area is 98.1 Å². The number of fused-ring (bicyclic) bond motifs is 1. The average molecular weight is 239 g/mol. The van der Waals surface area contributed by atoms with Gasteiger partial charge in [0.2, 0.25) is 0 Å². The SMILES string of the molecule is NC1(c2c(O)c(F)cc3c2OCCO3)CCC1. The van der Waals surface area contributed by atoms with Gasteiger partial charge in [-0.05, 0) is 19.3 Å². The van der Waals surface area contributed by atoms with Crippen LogP contribution in [-0.4, -0.2) is 18.3 Å². The molecule has 1 aromatic carbocycles. The first-order valence-electron chi connectivity index (χ1n) is 5.72. The Kier molecular flexibility index (Phi) is 2.19. The molecule has 2 aliphatic rings. The van der Waals surface area contributed by atoms with Crippen molar-refractivity contribution in [2.24, 2.45) is 5.73 Å². The van der Waals surface area contributed by atoms with E-state index in [1.807, 2.05) is 0 Å². The smallest absolute Gasteiger partial charge is 0.170 e. The molecule has 1 saturated carbocycles. The molecule has 17 heavy (non-hydrogen) atoms. The highest BCUT2D eigenvalue weighted by Gasteiger charge is 2.42. The van der Waals surface area contributed by atoms with E-state index in [2.05, 4.69) is 0 Å². The number of nitrogens with two attached hydrogens (primary N) is 1. The quantitative estimate of drug-likeness (QED) is 0.782. The van der Waals surface area contributed by atoms with E-state index in [1.165, 1.54) is 0 Å². The first kappa shape index (κ1) is 10.7. The van der Waals surface area contributed by atoms with Crippen LogP contribution in [0.3, 0.4) is 0 Å². The minimum absolute atomic E-state index is 0.332. The molecule has 0 spiro atoms. The Bertz CT molecular complexity index is 471. The van der Waals surface area contributed by atoms with Crippen LogP contribution in [0.5, 0.6) is 17.2 Å². The summed E-state index contributed by atoms with van der Waals surface area (Å²) in [6.45, 7) is 0.773. The van der Waals surface area contributed by atoms with E-state index in [9.17, 15) is 9.50 Å². The van der Waals surface area contributed by atoms with Gasteiger partial charge in [-0.3, -0.25) is 0 Å². The Morgan fingerprint density at radius 3 is 2.65 bits per heavy atom. The van der Waals surface area contributed by atoms with E-state index in [-0.39, 0.29) is 0 Å². The lowest BCUT2D eigenvalue weighted by Crippen LogP contribution is -2.44. The molecule has 3 rings (SSSR count). The van der Waals surface area contributed by atoms with Gasteiger partial charge in [0.15, 0.2) is 23.1 Å². The van der Waals surface area contributed by atoms with Crippen LogP contribution in [0.15, 0.2) is 6.07 Å². The highest BCUT2D eigenvalue weighted by atomic mass is 19.1. The van der Waals surface area contributed by atoms with Gasteiger partial charge in [0.25, 0.3) is 0 Å². The number of aromatic hydroxyl groups is 1. The molecular formula is C12H14FNO3. The number of phenols is 1. The Hall–Kier alpha value is -1.49. The molecule has 3 N–H and O–H groups in total. The van der Waals surface area contributed by atoms with E-state index >= 15 is 0 Å². The predicted octanol–water partition coefficient (Wildman–Crippen LogP) is 1.64. The number of hydrogen-bond donors (Lipinski definition) is 2. The maximum atomic E-state index is 13.6. The van der Waals surface area contributed by atoms with Crippen molar-refractivity contribution in [3.63, 3.8) is 0 Å². The molecule has 1 fully saturated rings. The van der Waals surface area contributed by atoms with Crippen LogP contribution < -0.4 is 15.2 Å². The third-order valence-electron chi connectivity index (χ3n) is 3.50. The first-order valence-corrected chi connectivity index (χ1v) is 5.72. The second-order valence-corrected chi connectivity index (χ2v) is 4.62. The van der Waals surface area contributed by atoms with E-state index in [1.54, 1.807) is 0 Å². The van der Waals surface area contributed by atoms with Crippen molar-refractivity contribution in [3.8, 4) is 17.2 Å². The molecule has 0 aromatic heterocycles. The Balaban J connectivity index is 2.20. The van der Waals surface area contributed by atoms with Crippen molar-refractivity contribution >= 4 is 0 Å². The van der Waals surface area contributed by atoms with Crippen molar-refractivity contribution in [1.29, 1.82) is 0 Å². The normalized spacial score (nSPS) is 20.8. The molecule has 0 amide bonds. The van der Waals surface area contributed by atoms with Gasteiger partial charge in [-0.1, -0.05) is 0 Å². The summed E-state index contributed by atoms with van der Waals surface area (Å²) in [7, 11) is 0. The fourth-order valence-electron chi connectivity index (χ4n) is 2.41. The van der Waals surface area contributed by atoms with Gasteiger partial charge in [0, 0.05) is 11.6 Å². The standard InChI is InChI=1S/C12H14FNO3/c13-7-6-8-11(17-5-4-16-8)9(10(7)15)12(14)2-1-3-12/h6,15H,1-5,14H2. The Morgan fingerprint density at radius 2 is 2.00 bits per heavy atom. The maximum Gasteiger partial charge on any atom is 0.170 e. The van der Waals surface area contributed by atoms with Crippen LogP contribution in [0.2, 0.25) is 0 Å². The number of halogens is 1. The molecule has 1 aliphatic heterocycles. The summed E-state index contributed by atoms with van der Waals surface area (Å²) in [6, 6.07) is 1.15. The topological polar surface area (TPSA) is 64.7 Å². The molecule has 92 valence electrons. The fourth-order valence-corrected chi connectivity index (χ4v) is 2.41. The zero-order valence-electron chi connectivity index (χ0n) is 9.33. The third kappa shape index (κ3) is 1.45. The molecule has 0 saturated heterocycles. The van der Waals surface area contributed by atoms with Crippen LogP contribution >= 0.6 is 0 Å². The second-order valence-electron chi connectivity index (χ2n) is 4.62. The van der Waals surface area contributed by atoms with Crippen LogP contribution in [0, 0.1) is 5.82 Å². The monoisotopic (exact) mass is 239 g/mol. The number of rotatable bonds is 1. The molecule has 0 atom stereocenters. The van der Waals surface area contributed by atoms with Crippen LogP contribution in [0.25, 0.3) is 0 Å². The van der Waals surface area contributed by atoms with Crippen molar-refractivity contribution in [3.05, 3.63) is 17.4 Å². The molecule has 1 aliphatic carbocycles. The molecule has 5 heteroatoms. The zero-order chi connectivity index (χ0) is 12.0. The largest absolute Gasteiger partial charge is 0.504 e. The first-order chi connectivity index (χ1) is 8.12. The summed E-state index contributed by atoms with van der Waals surface area (Å²) in [6.07, 6.45) is 2.42. The average Bonchev–Trinajstić information content (AvgIpc) is 2.28. The fraction of sp³-hybridized carbons (Fsp3) is 0.500. The van der Waals surface area contributed by atoms with Crippen molar-refractivity contribution in [2.75, 3.05) is 13.2 Å². The summed E-state index contributed by atoms with van der Waals surface area (Å²) in [4.78, 5) is 0. The number of benzene rings is 1. The molecule has 1 aromatic rings. The third-order valence-corrected chi connectivity index (χ3v) is 3.50. The van der Waals surface area contributed by atoms with Gasteiger partial charge in [0.05, 0.1) is 5.56 Å². The highest BCUT2D eigenvalue weighted by Crippen LogP contribution is 2.51. The summed E-state index contributed by atoms with van der Waals surface area (Å²) in [5.74, 6) is -0.381. The summed E-state index contributed by atoms with van der Waals surface area (Å²) < 4.78 is 24.4. The van der Waals surface area contributed by atoms with Crippen molar-refractivity contribution < 1.29 is 19.0 Å². The molecule has 4 nitrogen and oxygen atoms in total. The number of ether oxygens (including phenoxy) is 2. The lowest BCUT2D eigenvalue weighted by Gasteiger charge is -2.40. The van der Waals surface area contributed by atoms with Gasteiger partial charge in [0.1, 0.15) is 13.2 Å². The van der Waals surface area contributed by atoms with E-state index in [0.717, 1.165) is 25.3 Å². The van der Waals surface area contributed by atoms with Gasteiger partial charge < -0.3 is 20.3 Å². The molecule has 0 radical (unpaired) electrons.